The molecule has 0 bridgehead atoms. The Morgan fingerprint density at radius 1 is 0.686 bits per heavy atom. The number of aromatic nitrogens is 2. The number of carbonyl (C=O) groups excluding carboxylic acids is 2. The number of fused-ring (bicyclic) bond motifs is 1. The number of benzene rings is 2. The lowest BCUT2D eigenvalue weighted by atomic mass is 10.1. The van der Waals surface area contributed by atoms with E-state index < -0.39 is 29.2 Å². The molecule has 182 valence electrons. The lowest BCUT2D eigenvalue weighted by Crippen LogP contribution is -2.29. The molecule has 2 aromatic heterocycles. The van der Waals surface area contributed by atoms with E-state index in [1.807, 2.05) is 30.3 Å². The van der Waals surface area contributed by atoms with Gasteiger partial charge in [-0.3, -0.25) is 0 Å². The van der Waals surface area contributed by atoms with E-state index in [0.29, 0.717) is 28.2 Å². The molecule has 0 atom stereocenters. The lowest BCUT2D eigenvalue weighted by molar-refractivity contribution is 0.0525. The maximum Gasteiger partial charge on any atom is 0.419 e. The Bertz CT molecular complexity index is 1420. The summed E-state index contributed by atoms with van der Waals surface area (Å²) in [5.41, 5.74) is 0.960. The van der Waals surface area contributed by atoms with Gasteiger partial charge < -0.3 is 9.47 Å². The zero-order valence-electron chi connectivity index (χ0n) is 20.8. The number of hydrogen-bond donors (Lipinski definition) is 0. The van der Waals surface area contributed by atoms with Crippen LogP contribution in [0.4, 0.5) is 14.0 Å². The molecule has 6 nitrogen and oxygen atoms in total. The maximum atomic E-state index is 14.1. The number of para-hydroxylation sites is 1. The van der Waals surface area contributed by atoms with Gasteiger partial charge in [-0.15, -0.1) is 0 Å². The highest BCUT2D eigenvalue weighted by Gasteiger charge is 2.28. The van der Waals surface area contributed by atoms with Crippen molar-refractivity contribution in [3.05, 3.63) is 72.5 Å². The highest BCUT2D eigenvalue weighted by atomic mass is 19.1. The first-order valence-electron chi connectivity index (χ1n) is 11.4. The minimum absolute atomic E-state index is 0.417. The van der Waals surface area contributed by atoms with Gasteiger partial charge in [0.15, 0.2) is 0 Å². The van der Waals surface area contributed by atoms with Crippen LogP contribution >= 0.6 is 0 Å². The van der Waals surface area contributed by atoms with E-state index in [-0.39, 0.29) is 0 Å². The van der Waals surface area contributed by atoms with Crippen molar-refractivity contribution in [2.45, 2.75) is 52.7 Å². The van der Waals surface area contributed by atoms with E-state index in [1.165, 1.54) is 21.3 Å². The van der Waals surface area contributed by atoms with Crippen LogP contribution in [0.25, 0.3) is 33.5 Å². The third-order valence-electron chi connectivity index (χ3n) is 5.13. The smallest absolute Gasteiger partial charge is 0.419 e. The van der Waals surface area contributed by atoms with Crippen LogP contribution in [0.3, 0.4) is 0 Å². The standard InChI is InChI=1S/C28H29FN2O4/c1-27(2,3)34-25(32)30-22(18-11-9-12-20(29)16-18)14-15-23(30)24-17-19-10-7-8-13-21(19)31(24)26(33)35-28(4,5)6/h7-17H,1-6H3. The van der Waals surface area contributed by atoms with Gasteiger partial charge in [0.25, 0.3) is 0 Å². The van der Waals surface area contributed by atoms with E-state index >= 15 is 0 Å². The average molecular weight is 477 g/mol. The van der Waals surface area contributed by atoms with E-state index in [4.69, 9.17) is 9.47 Å². The Kier molecular flexibility index (Phi) is 6.05. The molecule has 4 rings (SSSR count). The normalized spacial score (nSPS) is 12.1. The quantitative estimate of drug-likeness (QED) is 0.301. The second kappa shape index (κ2) is 8.73. The fourth-order valence-electron chi connectivity index (χ4n) is 3.86. The van der Waals surface area contributed by atoms with E-state index in [9.17, 15) is 14.0 Å². The molecule has 0 N–H and O–H groups in total. The van der Waals surface area contributed by atoms with Crippen molar-refractivity contribution in [1.82, 2.24) is 9.13 Å². The van der Waals surface area contributed by atoms with E-state index in [1.54, 1.807) is 65.8 Å². The monoisotopic (exact) mass is 476 g/mol. The number of hydrogen-bond acceptors (Lipinski definition) is 4. The van der Waals surface area contributed by atoms with Gasteiger partial charge in [-0.1, -0.05) is 30.3 Å². The minimum atomic E-state index is -0.768. The Hall–Kier alpha value is -3.87. The number of ether oxygens (including phenoxy) is 2. The Morgan fingerprint density at radius 3 is 1.91 bits per heavy atom. The van der Waals surface area contributed by atoms with Gasteiger partial charge in [0, 0.05) is 10.9 Å². The molecule has 0 saturated carbocycles. The molecule has 0 unspecified atom stereocenters. The van der Waals surface area contributed by atoms with Gasteiger partial charge in [-0.05, 0) is 77.9 Å². The highest BCUT2D eigenvalue weighted by Crippen LogP contribution is 2.34. The number of rotatable bonds is 2. The van der Waals surface area contributed by atoms with Crippen LogP contribution in [-0.4, -0.2) is 32.5 Å². The molecule has 0 radical (unpaired) electrons. The fraction of sp³-hybridized carbons (Fsp3) is 0.286. The van der Waals surface area contributed by atoms with E-state index in [0.717, 1.165) is 5.39 Å². The molecule has 0 aliphatic rings. The van der Waals surface area contributed by atoms with Crippen LogP contribution < -0.4 is 0 Å². The summed E-state index contributed by atoms with van der Waals surface area (Å²) in [4.78, 5) is 26.8. The summed E-state index contributed by atoms with van der Waals surface area (Å²) in [5, 5.41) is 0.803. The van der Waals surface area contributed by atoms with Gasteiger partial charge in [-0.2, -0.15) is 0 Å². The molecule has 0 amide bonds. The third-order valence-corrected chi connectivity index (χ3v) is 5.13. The number of halogens is 1. The fourth-order valence-corrected chi connectivity index (χ4v) is 3.86. The lowest BCUT2D eigenvalue weighted by Gasteiger charge is -2.23. The molecule has 0 aliphatic carbocycles. The molecule has 4 aromatic rings. The zero-order chi connectivity index (χ0) is 25.5. The van der Waals surface area contributed by atoms with Gasteiger partial charge in [0.1, 0.15) is 17.0 Å². The molecule has 0 aliphatic heterocycles. The SMILES string of the molecule is CC(C)(C)OC(=O)n1c(-c2cccc(F)c2)ccc1-c1cc2ccccc2n1C(=O)OC(C)(C)C. The predicted molar refractivity (Wildman–Crippen MR) is 134 cm³/mol. The van der Waals surface area contributed by atoms with Gasteiger partial charge in [0.05, 0.1) is 22.6 Å². The Labute approximate surface area is 203 Å². The second-order valence-electron chi connectivity index (χ2n) is 10.3. The topological polar surface area (TPSA) is 62.5 Å². The molecule has 0 saturated heterocycles. The van der Waals surface area contributed by atoms with Crippen molar-refractivity contribution in [3.63, 3.8) is 0 Å². The summed E-state index contributed by atoms with van der Waals surface area (Å²) in [6, 6.07) is 18.6. The van der Waals surface area contributed by atoms with E-state index in [2.05, 4.69) is 0 Å². The molecule has 7 heteroatoms. The van der Waals surface area contributed by atoms with Crippen LogP contribution in [0.1, 0.15) is 41.5 Å². The molecule has 2 heterocycles. The van der Waals surface area contributed by atoms with Gasteiger partial charge in [-0.25, -0.2) is 23.1 Å². The summed E-state index contributed by atoms with van der Waals surface area (Å²) in [5.74, 6) is -0.427. The minimum Gasteiger partial charge on any atom is -0.443 e. The van der Waals surface area contributed by atoms with Crippen LogP contribution in [0, 0.1) is 5.82 Å². The van der Waals surface area contributed by atoms with Crippen molar-refractivity contribution in [1.29, 1.82) is 0 Å². The molecule has 35 heavy (non-hydrogen) atoms. The first-order chi connectivity index (χ1) is 16.3. The van der Waals surface area contributed by atoms with Crippen molar-refractivity contribution >= 4 is 23.1 Å². The summed E-state index contributed by atoms with van der Waals surface area (Å²) < 4.78 is 28.3. The van der Waals surface area contributed by atoms with Crippen LogP contribution in [-0.2, 0) is 9.47 Å². The number of nitrogens with zero attached hydrogens (tertiary/aromatic N) is 2. The molecule has 2 aromatic carbocycles. The summed E-state index contributed by atoms with van der Waals surface area (Å²) in [7, 11) is 0. The van der Waals surface area contributed by atoms with Crippen LogP contribution in [0.2, 0.25) is 0 Å². The van der Waals surface area contributed by atoms with Crippen molar-refractivity contribution < 1.29 is 23.5 Å². The van der Waals surface area contributed by atoms with Crippen LogP contribution in [0.5, 0.6) is 0 Å². The van der Waals surface area contributed by atoms with Crippen molar-refractivity contribution in [3.8, 4) is 22.6 Å². The van der Waals surface area contributed by atoms with Gasteiger partial charge >= 0.3 is 12.2 Å². The maximum absolute atomic E-state index is 14.1. The van der Waals surface area contributed by atoms with Crippen molar-refractivity contribution in [2.75, 3.05) is 0 Å². The van der Waals surface area contributed by atoms with Crippen molar-refractivity contribution in [2.24, 2.45) is 0 Å². The van der Waals surface area contributed by atoms with Crippen LogP contribution in [0.15, 0.2) is 66.7 Å². The molecule has 0 fully saturated rings. The molecule has 0 spiro atoms. The third kappa shape index (κ3) is 5.14. The number of carbonyl (C=O) groups is 2. The summed E-state index contributed by atoms with van der Waals surface area (Å²) >= 11 is 0. The molecular weight excluding hydrogens is 447 g/mol. The second-order valence-corrected chi connectivity index (χ2v) is 10.3. The summed E-state index contributed by atoms with van der Waals surface area (Å²) in [6.45, 7) is 10.7. The zero-order valence-corrected chi connectivity index (χ0v) is 20.8. The molecular formula is C28H29FN2O4. The summed E-state index contributed by atoms with van der Waals surface area (Å²) in [6.07, 6.45) is -1.21. The average Bonchev–Trinajstić information content (AvgIpc) is 3.33. The highest BCUT2D eigenvalue weighted by molar-refractivity contribution is 5.97. The van der Waals surface area contributed by atoms with Gasteiger partial charge in [0.2, 0.25) is 0 Å². The first-order valence-corrected chi connectivity index (χ1v) is 11.4. The largest absolute Gasteiger partial charge is 0.443 e. The first kappa shape index (κ1) is 24.3. The Balaban J connectivity index is 1.98. The Morgan fingerprint density at radius 2 is 1.29 bits per heavy atom. The predicted octanol–water partition coefficient (Wildman–Crippen LogP) is 7.48.